The van der Waals surface area contributed by atoms with Crippen molar-refractivity contribution >= 4 is 5.97 Å². The summed E-state index contributed by atoms with van der Waals surface area (Å²) in [4.78, 5) is 8.89. The third-order valence-corrected chi connectivity index (χ3v) is 0. The van der Waals surface area contributed by atoms with E-state index in [2.05, 4.69) is 0 Å². The van der Waals surface area contributed by atoms with Gasteiger partial charge < -0.3 is 37.3 Å². The zero-order chi connectivity index (χ0) is 3.58. The minimum absolute atomic E-state index is 0. The van der Waals surface area contributed by atoms with Crippen molar-refractivity contribution in [3.8, 4) is 0 Å². The van der Waals surface area contributed by atoms with Gasteiger partial charge in [-0.2, -0.15) is 0 Å². The first kappa shape index (κ1) is 96.7. The van der Waals surface area contributed by atoms with Crippen LogP contribution in [0.15, 0.2) is 0 Å². The Morgan fingerprint density at radius 3 is 1.00 bits per heavy atom. The normalized spacial score (nSPS) is 2.50. The van der Waals surface area contributed by atoms with Crippen LogP contribution in [0.5, 0.6) is 0 Å². The van der Waals surface area contributed by atoms with E-state index in [9.17, 15) is 0 Å². The number of hydrogen-bond donors (Lipinski definition) is 0. The van der Waals surface area contributed by atoms with Crippen LogP contribution in [0, 0.1) is 0 Å². The van der Waals surface area contributed by atoms with E-state index >= 15 is 0 Å². The topological polar surface area (TPSA) is 190 Å². The quantitative estimate of drug-likeness (QED) is 0.422. The van der Waals surface area contributed by atoms with Crippen LogP contribution in [0.3, 0.4) is 0 Å². The summed E-state index contributed by atoms with van der Waals surface area (Å²) in [6.07, 6.45) is 0. The van der Waals surface area contributed by atoms with E-state index in [-0.39, 0.29) is 44.7 Å². The molecule has 5 N–H and O–H groups in total. The second-order valence-corrected chi connectivity index (χ2v) is 0.492. The molecule has 0 unspecified atom stereocenters. The Bertz CT molecular complexity index is 34.6. The molecule has 0 fully saturated rings. The molecule has 0 saturated carbocycles. The summed E-state index contributed by atoms with van der Waals surface area (Å²) < 4.78 is 0. The summed E-state index contributed by atoms with van der Waals surface area (Å²) in [6, 6.07) is 0. The van der Waals surface area contributed by atoms with E-state index in [0.717, 1.165) is 6.92 Å². The molecule has 10 heavy (non-hydrogen) atoms. The number of carboxylic acid groups (broad SMARTS) is 1. The fourth-order valence-electron chi connectivity index (χ4n) is 0. The fourth-order valence-corrected chi connectivity index (χ4v) is 0. The van der Waals surface area contributed by atoms with Gasteiger partial charge in [-0.1, -0.05) is 0 Å². The van der Waals surface area contributed by atoms with E-state index in [1.54, 1.807) is 0 Å². The molecule has 0 amide bonds. The Kier molecular flexibility index (Phi) is 660. The monoisotopic (exact) mass is 196 g/mol. The molecule has 0 aromatic heterocycles. The summed E-state index contributed by atoms with van der Waals surface area (Å²) in [7, 11) is 0. The molecule has 0 aromatic rings. The van der Waals surface area contributed by atoms with Crippen LogP contribution in [-0.4, -0.2) is 33.4 Å². The maximum Gasteiger partial charge on any atom is 6.00 e. The molecule has 7 nitrogen and oxygen atoms in total. The van der Waals surface area contributed by atoms with Gasteiger partial charge in [0.25, 0.3) is 0 Å². The van der Waals surface area contributed by atoms with Crippen LogP contribution < -0.4 is 5.11 Å². The molecular weight excluding hydrogens is 188 g/mol. The molecule has 0 aliphatic carbocycles. The Labute approximate surface area is 68.3 Å². The molecule has 0 radical (unpaired) electrons. The van der Waals surface area contributed by atoms with Gasteiger partial charge in [0.05, 0.1) is 0 Å². The van der Waals surface area contributed by atoms with Gasteiger partial charge in [-0.05, 0) is 6.92 Å². The van der Waals surface area contributed by atoms with Crippen molar-refractivity contribution in [3.05, 3.63) is 0 Å². The summed E-state index contributed by atoms with van der Waals surface area (Å²) >= 11 is 0. The molecule has 0 bridgehead atoms. The molecule has 64 valence electrons. The zero-order valence-electron chi connectivity index (χ0n) is 4.96. The number of aliphatic carboxylic acids is 1. The fraction of sp³-hybridized carbons (Fsp3) is 0.500. The summed E-state index contributed by atoms with van der Waals surface area (Å²) in [5.41, 5.74) is 0. The maximum absolute atomic E-state index is 8.89. The standard InChI is InChI=1S/C2H4O2.Cr.5H2O/c1-2(3)4;;;;;;/h1H3,(H,3,4);;5*1H2/q;+6;;;;;/p-6. The van der Waals surface area contributed by atoms with Gasteiger partial charge in [-0.3, -0.25) is 0 Å². The second kappa shape index (κ2) is 68.2. The molecule has 0 rings (SSSR count). The molecular formula is C2H8CrO7. The van der Waals surface area contributed by atoms with E-state index in [1.807, 2.05) is 0 Å². The Morgan fingerprint density at radius 2 is 1.00 bits per heavy atom. The van der Waals surface area contributed by atoms with E-state index in [4.69, 9.17) is 9.90 Å². The molecule has 0 aliphatic rings. The van der Waals surface area contributed by atoms with Crippen molar-refractivity contribution in [3.63, 3.8) is 0 Å². The first-order chi connectivity index (χ1) is 1.73. The predicted octanol–water partition coefficient (Wildman–Crippen LogP) is -2.13. The maximum atomic E-state index is 8.89. The van der Waals surface area contributed by atoms with Gasteiger partial charge in [0.2, 0.25) is 0 Å². The third kappa shape index (κ3) is 9250. The van der Waals surface area contributed by atoms with Crippen molar-refractivity contribution in [1.29, 1.82) is 0 Å². The van der Waals surface area contributed by atoms with Gasteiger partial charge >= 0.3 is 17.4 Å². The van der Waals surface area contributed by atoms with Gasteiger partial charge in [0, 0.05) is 5.97 Å². The SMILES string of the molecule is CC(=O)[O-].[Cr+6].[OH-].[OH-].[OH-].[OH-].[OH-]. The molecule has 0 aliphatic heterocycles. The van der Waals surface area contributed by atoms with Crippen LogP contribution >= 0.6 is 0 Å². The molecule has 0 aromatic carbocycles. The number of rotatable bonds is 0. The zero-order valence-corrected chi connectivity index (χ0v) is 6.24. The van der Waals surface area contributed by atoms with Crippen LogP contribution in [0.2, 0.25) is 0 Å². The van der Waals surface area contributed by atoms with Crippen LogP contribution in [0.4, 0.5) is 0 Å². The number of carbonyl (C=O) groups excluding carboxylic acids is 1. The first-order valence-electron chi connectivity index (χ1n) is 0.908. The van der Waals surface area contributed by atoms with Gasteiger partial charge in [-0.15, -0.1) is 0 Å². The molecule has 0 saturated heterocycles. The third-order valence-electron chi connectivity index (χ3n) is 0. The Balaban J connectivity index is -0.00000000300. The van der Waals surface area contributed by atoms with Gasteiger partial charge in [-0.25, -0.2) is 0 Å². The Morgan fingerprint density at radius 1 is 1.00 bits per heavy atom. The summed E-state index contributed by atoms with van der Waals surface area (Å²) in [6.45, 7) is 0.972. The first-order valence-corrected chi connectivity index (χ1v) is 0.908. The molecule has 0 heterocycles. The number of hydrogen-bond acceptors (Lipinski definition) is 7. The summed E-state index contributed by atoms with van der Waals surface area (Å²) in [5.74, 6) is -1.08. The van der Waals surface area contributed by atoms with Gasteiger partial charge in [0.15, 0.2) is 0 Å². The van der Waals surface area contributed by atoms with E-state index < -0.39 is 5.97 Å². The predicted molar refractivity (Wildman–Crippen MR) is 20.4 cm³/mol. The van der Waals surface area contributed by atoms with Crippen LogP contribution in [0.1, 0.15) is 6.92 Å². The minimum Gasteiger partial charge on any atom is -0.870 e. The van der Waals surface area contributed by atoms with E-state index in [1.165, 1.54) is 0 Å². The molecule has 0 spiro atoms. The Hall–Kier alpha value is -0.198. The number of carbonyl (C=O) groups is 1. The van der Waals surface area contributed by atoms with Crippen LogP contribution in [-0.2, 0) is 22.2 Å². The van der Waals surface area contributed by atoms with Crippen LogP contribution in [0.25, 0.3) is 0 Å². The second-order valence-electron chi connectivity index (χ2n) is 0.492. The van der Waals surface area contributed by atoms with Crippen molar-refractivity contribution < 1.29 is 54.6 Å². The van der Waals surface area contributed by atoms with Crippen molar-refractivity contribution in [1.82, 2.24) is 0 Å². The van der Waals surface area contributed by atoms with Crippen molar-refractivity contribution in [2.75, 3.05) is 0 Å². The molecule has 0 atom stereocenters. The smallest absolute Gasteiger partial charge is 0.870 e. The molecule has 8 heteroatoms. The average molecular weight is 196 g/mol. The average Bonchev–Trinajstić information content (AvgIpc) is 0.811. The van der Waals surface area contributed by atoms with Gasteiger partial charge in [0.1, 0.15) is 0 Å². The van der Waals surface area contributed by atoms with E-state index in [0.29, 0.717) is 0 Å². The van der Waals surface area contributed by atoms with Crippen molar-refractivity contribution in [2.45, 2.75) is 6.92 Å². The van der Waals surface area contributed by atoms with Crippen molar-refractivity contribution in [2.24, 2.45) is 0 Å². The number of carboxylic acids is 1. The largest absolute Gasteiger partial charge is 6.00 e. The minimum atomic E-state index is -1.08. The summed E-state index contributed by atoms with van der Waals surface area (Å²) in [5, 5.41) is 8.89.